The van der Waals surface area contributed by atoms with Crippen LogP contribution in [0.3, 0.4) is 0 Å². The maximum absolute atomic E-state index is 12.5. The zero-order chi connectivity index (χ0) is 18.8. The highest BCUT2D eigenvalue weighted by atomic mass is 32.1. The predicted molar refractivity (Wildman–Crippen MR) is 109 cm³/mol. The van der Waals surface area contributed by atoms with Gasteiger partial charge in [-0.2, -0.15) is 0 Å². The van der Waals surface area contributed by atoms with Crippen LogP contribution in [0.25, 0.3) is 10.2 Å². The van der Waals surface area contributed by atoms with Gasteiger partial charge in [-0.3, -0.25) is 14.9 Å². The van der Waals surface area contributed by atoms with Gasteiger partial charge in [0, 0.05) is 16.7 Å². The highest BCUT2D eigenvalue weighted by molar-refractivity contribution is 7.22. The Balaban J connectivity index is 1.51. The maximum Gasteiger partial charge on any atom is 0.257 e. The topological polar surface area (TPSA) is 59.1 Å². The fourth-order valence-corrected chi connectivity index (χ4v) is 3.74. The van der Waals surface area contributed by atoms with Crippen molar-refractivity contribution in [2.75, 3.05) is 5.32 Å². The number of nitrogens with one attached hydrogen (secondary N) is 1. The third-order valence-corrected chi connectivity index (χ3v) is 5.14. The van der Waals surface area contributed by atoms with Gasteiger partial charge in [-0.15, -0.1) is 0 Å². The number of aryl methyl sites for hydroxylation is 1. The van der Waals surface area contributed by atoms with E-state index in [0.29, 0.717) is 21.8 Å². The maximum atomic E-state index is 12.5. The highest BCUT2D eigenvalue weighted by Crippen LogP contribution is 2.27. The molecule has 0 aliphatic heterocycles. The zero-order valence-corrected chi connectivity index (χ0v) is 15.4. The van der Waals surface area contributed by atoms with Crippen molar-refractivity contribution in [3.8, 4) is 0 Å². The quantitative estimate of drug-likeness (QED) is 0.508. The predicted octanol–water partition coefficient (Wildman–Crippen LogP) is 5.09. The molecule has 0 spiro atoms. The Hall–Kier alpha value is -3.31. The molecule has 0 saturated heterocycles. The fraction of sp³-hybridized carbons (Fsp3) is 0.0455. The van der Waals surface area contributed by atoms with Crippen molar-refractivity contribution in [2.45, 2.75) is 6.92 Å². The van der Waals surface area contributed by atoms with Crippen LogP contribution in [0.5, 0.6) is 0 Å². The Morgan fingerprint density at radius 3 is 2.26 bits per heavy atom. The molecule has 4 nitrogen and oxygen atoms in total. The SMILES string of the molecule is Cc1ccc2nc(NC(=O)c3ccc(C(=O)c4ccccc4)cc3)sc2c1. The van der Waals surface area contributed by atoms with Crippen LogP contribution in [0.15, 0.2) is 72.8 Å². The van der Waals surface area contributed by atoms with Gasteiger partial charge in [-0.05, 0) is 36.8 Å². The monoisotopic (exact) mass is 372 g/mol. The molecular formula is C22H16N2O2S. The number of aromatic nitrogens is 1. The summed E-state index contributed by atoms with van der Waals surface area (Å²) < 4.78 is 1.04. The van der Waals surface area contributed by atoms with Gasteiger partial charge in [0.15, 0.2) is 10.9 Å². The number of nitrogens with zero attached hydrogens (tertiary/aromatic N) is 1. The minimum Gasteiger partial charge on any atom is -0.298 e. The van der Waals surface area contributed by atoms with Crippen LogP contribution >= 0.6 is 11.3 Å². The summed E-state index contributed by atoms with van der Waals surface area (Å²) in [4.78, 5) is 29.4. The second-order valence-corrected chi connectivity index (χ2v) is 7.25. The first-order valence-corrected chi connectivity index (χ1v) is 9.30. The Morgan fingerprint density at radius 1 is 0.852 bits per heavy atom. The first-order valence-electron chi connectivity index (χ1n) is 8.48. The summed E-state index contributed by atoms with van der Waals surface area (Å²) in [5.74, 6) is -0.311. The highest BCUT2D eigenvalue weighted by Gasteiger charge is 2.12. The summed E-state index contributed by atoms with van der Waals surface area (Å²) in [7, 11) is 0. The molecule has 0 saturated carbocycles. The number of benzene rings is 3. The summed E-state index contributed by atoms with van der Waals surface area (Å²) >= 11 is 1.44. The van der Waals surface area contributed by atoms with Gasteiger partial charge >= 0.3 is 0 Å². The molecule has 1 aromatic heterocycles. The van der Waals surface area contributed by atoms with E-state index in [-0.39, 0.29) is 11.7 Å². The minimum atomic E-state index is -0.246. The number of carbonyl (C=O) groups is 2. The third kappa shape index (κ3) is 3.64. The van der Waals surface area contributed by atoms with Gasteiger partial charge in [-0.25, -0.2) is 4.98 Å². The van der Waals surface area contributed by atoms with Crippen LogP contribution in [-0.2, 0) is 0 Å². The van der Waals surface area contributed by atoms with Crippen LogP contribution in [0.1, 0.15) is 31.8 Å². The van der Waals surface area contributed by atoms with E-state index in [1.165, 1.54) is 11.3 Å². The van der Waals surface area contributed by atoms with E-state index < -0.39 is 0 Å². The van der Waals surface area contributed by atoms with Crippen LogP contribution in [-0.4, -0.2) is 16.7 Å². The van der Waals surface area contributed by atoms with E-state index in [9.17, 15) is 9.59 Å². The number of amides is 1. The Labute approximate surface area is 160 Å². The first kappa shape index (κ1) is 17.1. The van der Waals surface area contributed by atoms with E-state index in [0.717, 1.165) is 15.8 Å². The largest absolute Gasteiger partial charge is 0.298 e. The summed E-state index contributed by atoms with van der Waals surface area (Å²) in [5.41, 5.74) is 3.68. The molecule has 3 aromatic carbocycles. The molecule has 0 aliphatic carbocycles. The summed E-state index contributed by atoms with van der Waals surface area (Å²) in [6, 6.07) is 21.7. The Bertz CT molecular complexity index is 1130. The first-order chi connectivity index (χ1) is 13.1. The van der Waals surface area contributed by atoms with Gasteiger partial charge in [-0.1, -0.05) is 59.9 Å². The molecule has 0 unspecified atom stereocenters. The third-order valence-electron chi connectivity index (χ3n) is 4.21. The fourth-order valence-electron chi connectivity index (χ4n) is 2.78. The normalized spacial score (nSPS) is 10.7. The number of fused-ring (bicyclic) bond motifs is 1. The Kier molecular flexibility index (Phi) is 4.52. The lowest BCUT2D eigenvalue weighted by Gasteiger charge is -2.04. The number of thiazole rings is 1. The Morgan fingerprint density at radius 2 is 1.52 bits per heavy atom. The molecule has 1 amide bonds. The van der Waals surface area contributed by atoms with Gasteiger partial charge in [0.25, 0.3) is 5.91 Å². The van der Waals surface area contributed by atoms with E-state index >= 15 is 0 Å². The van der Waals surface area contributed by atoms with Crippen LogP contribution < -0.4 is 5.32 Å². The van der Waals surface area contributed by atoms with Crippen LogP contribution in [0, 0.1) is 6.92 Å². The molecule has 132 valence electrons. The number of hydrogen-bond donors (Lipinski definition) is 1. The average Bonchev–Trinajstić information content (AvgIpc) is 3.09. The summed E-state index contributed by atoms with van der Waals surface area (Å²) in [5, 5.41) is 3.39. The van der Waals surface area contributed by atoms with Gasteiger partial charge < -0.3 is 0 Å². The molecule has 27 heavy (non-hydrogen) atoms. The van der Waals surface area contributed by atoms with Crippen molar-refractivity contribution in [1.29, 1.82) is 0 Å². The number of ketones is 1. The molecule has 0 bridgehead atoms. The average molecular weight is 372 g/mol. The second kappa shape index (κ2) is 7.13. The molecule has 0 atom stereocenters. The lowest BCUT2D eigenvalue weighted by atomic mass is 10.0. The smallest absolute Gasteiger partial charge is 0.257 e. The number of carbonyl (C=O) groups excluding carboxylic acids is 2. The molecule has 1 N–H and O–H groups in total. The van der Waals surface area contributed by atoms with E-state index in [4.69, 9.17) is 0 Å². The number of hydrogen-bond acceptors (Lipinski definition) is 4. The minimum absolute atomic E-state index is 0.0656. The lowest BCUT2D eigenvalue weighted by Crippen LogP contribution is -2.12. The summed E-state index contributed by atoms with van der Waals surface area (Å²) in [6.45, 7) is 2.02. The molecule has 0 radical (unpaired) electrons. The van der Waals surface area contributed by atoms with Crippen molar-refractivity contribution in [3.05, 3.63) is 95.1 Å². The molecule has 1 heterocycles. The van der Waals surface area contributed by atoms with E-state index in [1.54, 1.807) is 36.4 Å². The van der Waals surface area contributed by atoms with Gasteiger partial charge in [0.05, 0.1) is 10.2 Å². The molecule has 5 heteroatoms. The summed E-state index contributed by atoms with van der Waals surface area (Å²) in [6.07, 6.45) is 0. The van der Waals surface area contributed by atoms with Crippen molar-refractivity contribution < 1.29 is 9.59 Å². The second-order valence-electron chi connectivity index (χ2n) is 6.22. The van der Waals surface area contributed by atoms with Crippen LogP contribution in [0.2, 0.25) is 0 Å². The molecular weight excluding hydrogens is 356 g/mol. The molecule has 0 fully saturated rings. The van der Waals surface area contributed by atoms with Crippen LogP contribution in [0.4, 0.5) is 5.13 Å². The lowest BCUT2D eigenvalue weighted by molar-refractivity contribution is 0.102. The zero-order valence-electron chi connectivity index (χ0n) is 14.6. The van der Waals surface area contributed by atoms with Crippen molar-refractivity contribution in [3.63, 3.8) is 0 Å². The van der Waals surface area contributed by atoms with Crippen molar-refractivity contribution in [1.82, 2.24) is 4.98 Å². The van der Waals surface area contributed by atoms with Gasteiger partial charge in [0.2, 0.25) is 0 Å². The number of anilines is 1. The van der Waals surface area contributed by atoms with Gasteiger partial charge in [0.1, 0.15) is 0 Å². The van der Waals surface area contributed by atoms with E-state index in [2.05, 4.69) is 10.3 Å². The number of rotatable bonds is 4. The molecule has 4 aromatic rings. The van der Waals surface area contributed by atoms with E-state index in [1.807, 2.05) is 43.3 Å². The van der Waals surface area contributed by atoms with Crippen molar-refractivity contribution in [2.24, 2.45) is 0 Å². The molecule has 0 aliphatic rings. The standard InChI is InChI=1S/C22H16N2O2S/c1-14-7-12-18-19(13-14)27-22(23-18)24-21(26)17-10-8-16(9-11-17)20(25)15-5-3-2-4-6-15/h2-13H,1H3,(H,23,24,26). The van der Waals surface area contributed by atoms with Crippen molar-refractivity contribution >= 4 is 38.4 Å². The molecule has 4 rings (SSSR count).